The fraction of sp³-hybridized carbons (Fsp3) is 0.450. The number of nitrogens with one attached hydrogen (secondary N) is 3. The number of primary amides is 1. The summed E-state index contributed by atoms with van der Waals surface area (Å²) in [6.07, 6.45) is 0.589. The Labute approximate surface area is 169 Å². The van der Waals surface area contributed by atoms with E-state index in [4.69, 9.17) is 15.2 Å². The minimum absolute atomic E-state index is 0.252. The number of hydrogen-bond acceptors (Lipinski definition) is 5. The lowest BCUT2D eigenvalue weighted by Crippen LogP contribution is -2.33. The Morgan fingerprint density at radius 3 is 2.55 bits per heavy atom. The Hall–Kier alpha value is -3.23. The molecule has 2 aromatic rings. The highest BCUT2D eigenvalue weighted by molar-refractivity contribution is 6.00. The highest BCUT2D eigenvalue weighted by atomic mass is 16.6. The van der Waals surface area contributed by atoms with Crippen molar-refractivity contribution in [2.45, 2.75) is 46.1 Å². The number of benzene rings is 1. The van der Waals surface area contributed by atoms with E-state index in [1.807, 2.05) is 0 Å². The molecule has 0 unspecified atom stereocenters. The number of aryl methyl sites for hydroxylation is 1. The van der Waals surface area contributed by atoms with Crippen molar-refractivity contribution in [3.63, 3.8) is 0 Å². The summed E-state index contributed by atoms with van der Waals surface area (Å²) in [5.41, 5.74) is 6.98. The van der Waals surface area contributed by atoms with Gasteiger partial charge in [0.25, 0.3) is 0 Å². The van der Waals surface area contributed by atoms with Gasteiger partial charge in [0, 0.05) is 23.1 Å². The van der Waals surface area contributed by atoms with Crippen LogP contribution in [0.1, 0.15) is 50.2 Å². The molecule has 1 aromatic heterocycles. The molecule has 29 heavy (non-hydrogen) atoms. The second-order valence-corrected chi connectivity index (χ2v) is 7.48. The summed E-state index contributed by atoms with van der Waals surface area (Å²) in [5.74, 6) is -0.455. The lowest BCUT2D eigenvalue weighted by atomic mass is 10.0. The molecule has 0 aliphatic rings. The summed E-state index contributed by atoms with van der Waals surface area (Å²) in [4.78, 5) is 38.4. The number of carbonyl (C=O) groups is 3. The van der Waals surface area contributed by atoms with Crippen LogP contribution in [0.4, 0.5) is 15.3 Å². The number of esters is 1. The fourth-order valence-electron chi connectivity index (χ4n) is 2.87. The Morgan fingerprint density at radius 1 is 1.21 bits per heavy atom. The van der Waals surface area contributed by atoms with Gasteiger partial charge in [-0.1, -0.05) is 0 Å². The summed E-state index contributed by atoms with van der Waals surface area (Å²) < 4.78 is 10.4. The number of fused-ring (bicyclic) bond motifs is 1. The summed E-state index contributed by atoms with van der Waals surface area (Å²) >= 11 is 0. The summed E-state index contributed by atoms with van der Waals surface area (Å²) in [6, 6.07) is 4.52. The van der Waals surface area contributed by atoms with E-state index in [1.54, 1.807) is 45.9 Å². The molecule has 0 aliphatic heterocycles. The molecule has 0 spiro atoms. The molecule has 0 aliphatic carbocycles. The third-order valence-electron chi connectivity index (χ3n) is 3.93. The van der Waals surface area contributed by atoms with Gasteiger partial charge in [-0.3, -0.25) is 0 Å². The van der Waals surface area contributed by atoms with Crippen LogP contribution >= 0.6 is 0 Å². The second-order valence-electron chi connectivity index (χ2n) is 7.48. The van der Waals surface area contributed by atoms with Crippen molar-refractivity contribution in [2.75, 3.05) is 18.5 Å². The molecule has 3 amide bonds. The van der Waals surface area contributed by atoms with Crippen LogP contribution in [-0.2, 0) is 15.9 Å². The topological polar surface area (TPSA) is 136 Å². The molecule has 0 bridgehead atoms. The first-order valence-corrected chi connectivity index (χ1v) is 9.45. The number of carbonyl (C=O) groups excluding carboxylic acids is 3. The van der Waals surface area contributed by atoms with E-state index in [-0.39, 0.29) is 6.61 Å². The quantitative estimate of drug-likeness (QED) is 0.415. The number of hydrogen-bond donors (Lipinski definition) is 4. The summed E-state index contributed by atoms with van der Waals surface area (Å²) in [6.45, 7) is 7.75. The molecule has 0 saturated carbocycles. The van der Waals surface area contributed by atoms with Crippen molar-refractivity contribution in [3.8, 4) is 0 Å². The van der Waals surface area contributed by atoms with Crippen molar-refractivity contribution in [3.05, 3.63) is 29.5 Å². The molecule has 9 heteroatoms. The molecular formula is C20H28N4O5. The van der Waals surface area contributed by atoms with Crippen molar-refractivity contribution in [1.82, 2.24) is 10.3 Å². The highest BCUT2D eigenvalue weighted by Crippen LogP contribution is 2.27. The predicted octanol–water partition coefficient (Wildman–Crippen LogP) is 3.29. The number of anilines is 1. The monoisotopic (exact) mass is 404 g/mol. The van der Waals surface area contributed by atoms with Gasteiger partial charge in [0.2, 0.25) is 0 Å². The number of H-pyrrole nitrogens is 1. The zero-order chi connectivity index (χ0) is 21.6. The van der Waals surface area contributed by atoms with Crippen molar-refractivity contribution in [1.29, 1.82) is 0 Å². The number of amides is 3. The molecule has 1 aromatic carbocycles. The Kier molecular flexibility index (Phi) is 7.08. The van der Waals surface area contributed by atoms with Crippen molar-refractivity contribution < 1.29 is 23.9 Å². The minimum Gasteiger partial charge on any atom is -0.461 e. The smallest absolute Gasteiger partial charge is 0.407 e. The Bertz CT molecular complexity index is 898. The fourth-order valence-corrected chi connectivity index (χ4v) is 2.87. The van der Waals surface area contributed by atoms with Crippen LogP contribution in [0.2, 0.25) is 0 Å². The van der Waals surface area contributed by atoms with E-state index in [2.05, 4.69) is 15.6 Å². The Balaban J connectivity index is 2.19. The van der Waals surface area contributed by atoms with Gasteiger partial charge in [-0.05, 0) is 64.3 Å². The maximum absolute atomic E-state index is 12.4. The summed E-state index contributed by atoms with van der Waals surface area (Å²) in [7, 11) is 0. The zero-order valence-corrected chi connectivity index (χ0v) is 17.2. The largest absolute Gasteiger partial charge is 0.461 e. The number of nitrogens with two attached hydrogens (primary N) is 1. The number of rotatable bonds is 7. The van der Waals surface area contributed by atoms with E-state index in [0.29, 0.717) is 30.8 Å². The van der Waals surface area contributed by atoms with Gasteiger partial charge < -0.3 is 30.8 Å². The number of ether oxygens (including phenoxy) is 2. The van der Waals surface area contributed by atoms with E-state index >= 15 is 0 Å². The lowest BCUT2D eigenvalue weighted by Gasteiger charge is -2.19. The average molecular weight is 404 g/mol. The van der Waals surface area contributed by atoms with E-state index in [9.17, 15) is 14.4 Å². The maximum atomic E-state index is 12.4. The maximum Gasteiger partial charge on any atom is 0.407 e. The number of aromatic amines is 1. The Morgan fingerprint density at radius 2 is 1.93 bits per heavy atom. The van der Waals surface area contributed by atoms with Crippen molar-refractivity contribution in [2.24, 2.45) is 5.73 Å². The van der Waals surface area contributed by atoms with E-state index in [1.165, 1.54) is 0 Å². The van der Waals surface area contributed by atoms with Gasteiger partial charge in [0.15, 0.2) is 0 Å². The second kappa shape index (κ2) is 9.31. The van der Waals surface area contributed by atoms with Crippen LogP contribution < -0.4 is 16.4 Å². The SMILES string of the molecule is CCOC(=O)c1[nH]c2ccc(NC(N)=O)cc2c1CCCNC(=O)OC(C)(C)C. The average Bonchev–Trinajstić information content (AvgIpc) is 2.95. The van der Waals surface area contributed by atoms with Gasteiger partial charge in [0.05, 0.1) is 6.61 Å². The lowest BCUT2D eigenvalue weighted by molar-refractivity contribution is 0.0509. The first-order valence-electron chi connectivity index (χ1n) is 9.45. The third kappa shape index (κ3) is 6.41. The molecule has 5 N–H and O–H groups in total. The van der Waals surface area contributed by atoms with Gasteiger partial charge in [0.1, 0.15) is 11.3 Å². The number of alkyl carbamates (subject to hydrolysis) is 1. The number of urea groups is 1. The van der Waals surface area contributed by atoms with Gasteiger partial charge in [-0.2, -0.15) is 0 Å². The molecule has 0 radical (unpaired) electrons. The predicted molar refractivity (Wildman–Crippen MR) is 110 cm³/mol. The van der Waals surface area contributed by atoms with Gasteiger partial charge in [-0.15, -0.1) is 0 Å². The first kappa shape index (κ1) is 22.1. The standard InChI is InChI=1S/C20H28N4O5/c1-5-28-17(25)16-13(7-6-10-22-19(27)29-20(2,3)4)14-11-12(23-18(21)26)8-9-15(14)24-16/h8-9,11,24H,5-7,10H2,1-4H3,(H,22,27)(H3,21,23,26). The highest BCUT2D eigenvalue weighted by Gasteiger charge is 2.20. The van der Waals surface area contributed by atoms with E-state index < -0.39 is 23.7 Å². The first-order chi connectivity index (χ1) is 13.6. The molecule has 0 fully saturated rings. The molecule has 9 nitrogen and oxygen atoms in total. The summed E-state index contributed by atoms with van der Waals surface area (Å²) in [5, 5.41) is 6.00. The van der Waals surface area contributed by atoms with Crippen LogP contribution in [-0.4, -0.2) is 41.8 Å². The molecule has 0 saturated heterocycles. The molecule has 2 rings (SSSR count). The minimum atomic E-state index is -0.673. The van der Waals surface area contributed by atoms with Crippen LogP contribution in [0.3, 0.4) is 0 Å². The molecule has 1 heterocycles. The van der Waals surface area contributed by atoms with Crippen LogP contribution in [0, 0.1) is 0 Å². The molecular weight excluding hydrogens is 376 g/mol. The van der Waals surface area contributed by atoms with Gasteiger partial charge in [-0.25, -0.2) is 14.4 Å². The zero-order valence-electron chi connectivity index (χ0n) is 17.2. The van der Waals surface area contributed by atoms with Crippen molar-refractivity contribution >= 4 is 34.7 Å². The third-order valence-corrected chi connectivity index (χ3v) is 3.93. The van der Waals surface area contributed by atoms with Crippen LogP contribution in [0.15, 0.2) is 18.2 Å². The van der Waals surface area contributed by atoms with Crippen LogP contribution in [0.5, 0.6) is 0 Å². The van der Waals surface area contributed by atoms with E-state index in [0.717, 1.165) is 16.5 Å². The van der Waals surface area contributed by atoms with Crippen LogP contribution in [0.25, 0.3) is 10.9 Å². The molecule has 0 atom stereocenters. The normalized spacial score (nSPS) is 11.2. The number of aromatic nitrogens is 1. The molecule has 158 valence electrons. The van der Waals surface area contributed by atoms with Gasteiger partial charge >= 0.3 is 18.1 Å².